The number of para-hydroxylation sites is 1. The summed E-state index contributed by atoms with van der Waals surface area (Å²) in [4.78, 5) is 12.3. The Kier molecular flexibility index (Phi) is 7.57. The lowest BCUT2D eigenvalue weighted by molar-refractivity contribution is -0.274. The molecule has 10 heteroatoms. The number of amides is 1. The lowest BCUT2D eigenvalue weighted by atomic mass is 10.2. The van der Waals surface area contributed by atoms with Crippen molar-refractivity contribution in [1.29, 1.82) is 0 Å². The molecule has 3 rings (SSSR count). The molecule has 1 amide bonds. The van der Waals surface area contributed by atoms with Crippen LogP contribution in [0, 0.1) is 0 Å². The maximum atomic E-state index is 12.7. The van der Waals surface area contributed by atoms with E-state index in [2.05, 4.69) is 10.1 Å². The zero-order valence-electron chi connectivity index (χ0n) is 17.1. The largest absolute Gasteiger partial charge is 0.573 e. The van der Waals surface area contributed by atoms with Crippen molar-refractivity contribution in [2.75, 3.05) is 13.1 Å². The zero-order chi connectivity index (χ0) is 23.2. The molecule has 32 heavy (non-hydrogen) atoms. The summed E-state index contributed by atoms with van der Waals surface area (Å²) in [6, 6.07) is 11.7. The monoisotopic (exact) mass is 468 g/mol. The van der Waals surface area contributed by atoms with Gasteiger partial charge in [0.1, 0.15) is 5.75 Å². The minimum absolute atomic E-state index is 0.104. The van der Waals surface area contributed by atoms with E-state index in [1.54, 1.807) is 12.1 Å². The van der Waals surface area contributed by atoms with Crippen LogP contribution < -0.4 is 10.1 Å². The van der Waals surface area contributed by atoms with E-state index in [4.69, 9.17) is 0 Å². The Bertz CT molecular complexity index is 1060. The molecule has 1 fully saturated rings. The Labute approximate surface area is 184 Å². The number of carbonyl (C=O) groups excluding carboxylic acids is 1. The highest BCUT2D eigenvalue weighted by Gasteiger charge is 2.31. The van der Waals surface area contributed by atoms with E-state index in [-0.39, 0.29) is 17.0 Å². The Hall–Kier alpha value is -2.85. The first-order valence-electron chi connectivity index (χ1n) is 10.0. The van der Waals surface area contributed by atoms with Crippen molar-refractivity contribution in [2.24, 2.45) is 0 Å². The van der Waals surface area contributed by atoms with Crippen LogP contribution in [0.5, 0.6) is 5.75 Å². The normalized spacial score (nSPS) is 15.6. The highest BCUT2D eigenvalue weighted by Crippen LogP contribution is 2.27. The molecule has 0 bridgehead atoms. The summed E-state index contributed by atoms with van der Waals surface area (Å²) in [5, 5.41) is 2.61. The molecule has 0 saturated carbocycles. The first-order chi connectivity index (χ1) is 15.1. The van der Waals surface area contributed by atoms with Gasteiger partial charge in [-0.05, 0) is 42.7 Å². The van der Waals surface area contributed by atoms with Crippen LogP contribution in [0.25, 0.3) is 6.08 Å². The third-order valence-electron chi connectivity index (χ3n) is 4.90. The van der Waals surface area contributed by atoms with Gasteiger partial charge in [-0.3, -0.25) is 4.79 Å². The van der Waals surface area contributed by atoms with E-state index in [9.17, 15) is 26.4 Å². The molecule has 1 aliphatic rings. The van der Waals surface area contributed by atoms with Crippen molar-refractivity contribution in [2.45, 2.75) is 37.1 Å². The van der Waals surface area contributed by atoms with Gasteiger partial charge in [0.25, 0.3) is 0 Å². The van der Waals surface area contributed by atoms with Gasteiger partial charge in [0.15, 0.2) is 0 Å². The molecule has 2 aromatic rings. The first-order valence-corrected chi connectivity index (χ1v) is 11.5. The van der Waals surface area contributed by atoms with Crippen LogP contribution in [0.1, 0.15) is 30.4 Å². The van der Waals surface area contributed by atoms with Crippen LogP contribution in [0.2, 0.25) is 0 Å². The number of rotatable bonds is 7. The van der Waals surface area contributed by atoms with Crippen molar-refractivity contribution in [3.8, 4) is 5.75 Å². The summed E-state index contributed by atoms with van der Waals surface area (Å²) < 4.78 is 68.2. The molecule has 0 aromatic heterocycles. The minimum atomic E-state index is -4.83. The van der Waals surface area contributed by atoms with Crippen molar-refractivity contribution in [3.05, 3.63) is 65.7 Å². The maximum absolute atomic E-state index is 12.7. The van der Waals surface area contributed by atoms with Gasteiger partial charge in [-0.1, -0.05) is 36.8 Å². The molecule has 0 radical (unpaired) electrons. The van der Waals surface area contributed by atoms with Crippen LogP contribution in [0.3, 0.4) is 0 Å². The van der Waals surface area contributed by atoms with Crippen molar-refractivity contribution in [3.63, 3.8) is 0 Å². The molecule has 1 N–H and O–H groups in total. The minimum Gasteiger partial charge on any atom is -0.405 e. The first kappa shape index (κ1) is 23.8. The second-order valence-electron chi connectivity index (χ2n) is 7.25. The fourth-order valence-electron chi connectivity index (χ4n) is 3.28. The predicted molar refractivity (Wildman–Crippen MR) is 113 cm³/mol. The van der Waals surface area contributed by atoms with E-state index in [1.807, 2.05) is 0 Å². The van der Waals surface area contributed by atoms with Crippen molar-refractivity contribution >= 4 is 22.0 Å². The molecule has 1 saturated heterocycles. The number of carbonyl (C=O) groups is 1. The van der Waals surface area contributed by atoms with Crippen LogP contribution in [0.4, 0.5) is 13.2 Å². The maximum Gasteiger partial charge on any atom is 0.573 e. The number of alkyl halides is 3. The van der Waals surface area contributed by atoms with E-state index in [0.717, 1.165) is 31.4 Å². The topological polar surface area (TPSA) is 75.7 Å². The molecular formula is C22H23F3N2O4S. The number of sulfonamides is 1. The van der Waals surface area contributed by atoms with Crippen molar-refractivity contribution in [1.82, 2.24) is 9.62 Å². The number of hydrogen-bond donors (Lipinski definition) is 1. The second-order valence-corrected chi connectivity index (χ2v) is 9.18. The molecule has 172 valence electrons. The van der Waals surface area contributed by atoms with E-state index in [0.29, 0.717) is 18.7 Å². The average Bonchev–Trinajstić information content (AvgIpc) is 2.77. The van der Waals surface area contributed by atoms with Crippen LogP contribution in [-0.4, -0.2) is 38.1 Å². The lowest BCUT2D eigenvalue weighted by Gasteiger charge is -2.25. The van der Waals surface area contributed by atoms with Gasteiger partial charge in [0, 0.05) is 31.3 Å². The van der Waals surface area contributed by atoms with Crippen molar-refractivity contribution < 1.29 is 31.1 Å². The van der Waals surface area contributed by atoms with E-state index < -0.39 is 28.0 Å². The quantitative estimate of drug-likeness (QED) is 0.621. The highest BCUT2D eigenvalue weighted by molar-refractivity contribution is 7.89. The Morgan fingerprint density at radius 1 is 1.03 bits per heavy atom. The average molecular weight is 468 g/mol. The standard InChI is InChI=1S/C22H23F3N2O4S/c23-22(24,25)31-20-7-3-2-6-18(20)10-13-21(28)26-16-17-8-11-19(12-9-17)32(29,30)27-14-4-1-5-15-27/h2-3,6-13H,1,4-5,14-16H2,(H,26,28)/b13-10+. The third kappa shape index (κ3) is 6.57. The predicted octanol–water partition coefficient (Wildman–Crippen LogP) is 4.09. The summed E-state index contributed by atoms with van der Waals surface area (Å²) in [5.74, 6) is -0.925. The number of benzene rings is 2. The second kappa shape index (κ2) is 10.2. The summed E-state index contributed by atoms with van der Waals surface area (Å²) in [6.07, 6.45) is 0.228. The summed E-state index contributed by atoms with van der Waals surface area (Å²) in [6.45, 7) is 1.17. The molecule has 6 nitrogen and oxygen atoms in total. The SMILES string of the molecule is O=C(/C=C/c1ccccc1OC(F)(F)F)NCc1ccc(S(=O)(=O)N2CCCCC2)cc1. The molecule has 0 spiro atoms. The van der Waals surface area contributed by atoms with Gasteiger partial charge in [0.2, 0.25) is 15.9 Å². The fraction of sp³-hybridized carbons (Fsp3) is 0.318. The van der Waals surface area contributed by atoms with E-state index >= 15 is 0 Å². The van der Waals surface area contributed by atoms with Gasteiger partial charge in [0.05, 0.1) is 4.90 Å². The number of ether oxygens (including phenoxy) is 1. The van der Waals surface area contributed by atoms with Crippen LogP contribution >= 0.6 is 0 Å². The number of hydrogen-bond acceptors (Lipinski definition) is 4. The van der Waals surface area contributed by atoms with Gasteiger partial charge in [-0.2, -0.15) is 4.31 Å². The Morgan fingerprint density at radius 3 is 2.34 bits per heavy atom. The highest BCUT2D eigenvalue weighted by atomic mass is 32.2. The van der Waals surface area contributed by atoms with Gasteiger partial charge >= 0.3 is 6.36 Å². The zero-order valence-corrected chi connectivity index (χ0v) is 18.0. The molecular weight excluding hydrogens is 445 g/mol. The number of piperidine rings is 1. The molecule has 0 unspecified atom stereocenters. The Morgan fingerprint density at radius 2 is 1.69 bits per heavy atom. The summed E-state index contributed by atoms with van der Waals surface area (Å²) in [7, 11) is -3.52. The fourth-order valence-corrected chi connectivity index (χ4v) is 4.80. The summed E-state index contributed by atoms with van der Waals surface area (Å²) >= 11 is 0. The lowest BCUT2D eigenvalue weighted by Crippen LogP contribution is -2.35. The smallest absolute Gasteiger partial charge is 0.405 e. The third-order valence-corrected chi connectivity index (χ3v) is 6.81. The molecule has 0 atom stereocenters. The summed E-state index contributed by atoms with van der Waals surface area (Å²) in [5.41, 5.74) is 0.789. The molecule has 2 aromatic carbocycles. The number of nitrogens with zero attached hydrogens (tertiary/aromatic N) is 1. The number of halogens is 3. The molecule has 0 aliphatic carbocycles. The Balaban J connectivity index is 1.58. The van der Waals surface area contributed by atoms with Gasteiger partial charge < -0.3 is 10.1 Å². The number of nitrogens with one attached hydrogen (secondary N) is 1. The molecule has 1 heterocycles. The van der Waals surface area contributed by atoms with Crippen LogP contribution in [-0.2, 0) is 21.4 Å². The molecule has 1 aliphatic heterocycles. The van der Waals surface area contributed by atoms with E-state index in [1.165, 1.54) is 40.7 Å². The van der Waals surface area contributed by atoms with Crippen LogP contribution in [0.15, 0.2) is 59.5 Å². The van der Waals surface area contributed by atoms with Gasteiger partial charge in [-0.25, -0.2) is 8.42 Å². The van der Waals surface area contributed by atoms with Gasteiger partial charge in [-0.15, -0.1) is 13.2 Å².